The van der Waals surface area contributed by atoms with E-state index in [4.69, 9.17) is 4.74 Å². The molecule has 0 aliphatic heterocycles. The van der Waals surface area contributed by atoms with Crippen LogP contribution in [0, 0.1) is 0 Å². The van der Waals surface area contributed by atoms with Crippen LogP contribution in [0.3, 0.4) is 0 Å². The van der Waals surface area contributed by atoms with Crippen molar-refractivity contribution in [1.29, 1.82) is 0 Å². The van der Waals surface area contributed by atoms with Crippen LogP contribution in [0.25, 0.3) is 0 Å². The van der Waals surface area contributed by atoms with E-state index < -0.39 is 5.60 Å². The summed E-state index contributed by atoms with van der Waals surface area (Å²) in [6, 6.07) is 17.7. The molecule has 0 N–H and O–H groups in total. The van der Waals surface area contributed by atoms with Gasteiger partial charge in [0.1, 0.15) is 6.54 Å². The number of Topliss-reactive ketones (excluding diaryl/α,β-unsaturated/α-hetero) is 1. The minimum Gasteiger partial charge on any atom is -1.00 e. The van der Waals surface area contributed by atoms with Crippen molar-refractivity contribution in [3.63, 3.8) is 0 Å². The molecule has 3 nitrogen and oxygen atoms in total. The van der Waals surface area contributed by atoms with Crippen molar-refractivity contribution >= 4 is 5.78 Å². The third-order valence-corrected chi connectivity index (χ3v) is 5.91. The molecule has 148 valence electrons. The highest BCUT2D eigenvalue weighted by molar-refractivity contribution is 6.02. The maximum Gasteiger partial charge on any atom is 0.198 e. The summed E-state index contributed by atoms with van der Waals surface area (Å²) < 4.78 is 6.71. The van der Waals surface area contributed by atoms with Crippen molar-refractivity contribution < 1.29 is 38.0 Å². The average Bonchev–Trinajstić information content (AvgIpc) is 2.72. The largest absolute Gasteiger partial charge is 1.00 e. The van der Waals surface area contributed by atoms with Gasteiger partial charge >= 0.3 is 0 Å². The zero-order valence-corrected chi connectivity index (χ0v) is 19.3. The number of methoxy groups -OCH3 is 1. The Balaban J connectivity index is 0.00000364. The van der Waals surface area contributed by atoms with Crippen LogP contribution in [-0.2, 0) is 16.9 Å². The molecule has 0 bridgehead atoms. The normalized spacial score (nSPS) is 13.5. The Labute approximate surface area is 181 Å². The lowest BCUT2D eigenvalue weighted by Crippen LogP contribution is -3.00. The molecule has 0 aliphatic carbocycles. The second-order valence-corrected chi connectivity index (χ2v) is 7.08. The molecule has 0 amide bonds. The number of quaternary nitrogens is 1. The first-order valence-electron chi connectivity index (χ1n) is 9.54. The summed E-state index contributed by atoms with van der Waals surface area (Å²) in [5, 5.41) is 0. The molecule has 0 spiro atoms. The number of benzene rings is 2. The first-order valence-corrected chi connectivity index (χ1v) is 9.54. The zero-order valence-electron chi connectivity index (χ0n) is 17.2. The number of nitrogens with zero attached hydrogens (tertiary/aromatic N) is 1. The van der Waals surface area contributed by atoms with E-state index in [1.807, 2.05) is 49.4 Å². The van der Waals surface area contributed by atoms with Crippen molar-refractivity contribution in [2.24, 2.45) is 0 Å². The number of halogens is 1. The Hall–Kier alpha value is -1.24. The second-order valence-electron chi connectivity index (χ2n) is 7.08. The molecular formula is C23H32INO2. The fourth-order valence-corrected chi connectivity index (χ4v) is 3.53. The molecule has 0 saturated heterocycles. The molecule has 0 fully saturated rings. The minimum atomic E-state index is -0.973. The van der Waals surface area contributed by atoms with Crippen molar-refractivity contribution in [3.8, 4) is 0 Å². The smallest absolute Gasteiger partial charge is 0.198 e. The number of ketones is 1. The molecule has 0 aliphatic rings. The number of carbonyl (C=O) groups excluding carboxylic acids is 1. The Kier molecular flexibility index (Phi) is 9.12. The van der Waals surface area contributed by atoms with Crippen LogP contribution < -0.4 is 24.0 Å². The van der Waals surface area contributed by atoms with Crippen LogP contribution >= 0.6 is 0 Å². The van der Waals surface area contributed by atoms with Gasteiger partial charge in [0.15, 0.2) is 11.4 Å². The van der Waals surface area contributed by atoms with Crippen LogP contribution in [-0.4, -0.2) is 37.0 Å². The summed E-state index contributed by atoms with van der Waals surface area (Å²) in [4.78, 5) is 13.1. The third-order valence-electron chi connectivity index (χ3n) is 5.91. The van der Waals surface area contributed by atoms with E-state index in [2.05, 4.69) is 32.9 Å². The Morgan fingerprint density at radius 3 is 1.89 bits per heavy atom. The van der Waals surface area contributed by atoms with Gasteiger partial charge in [-0.25, -0.2) is 0 Å². The van der Waals surface area contributed by atoms with E-state index in [0.717, 1.165) is 36.2 Å². The first-order chi connectivity index (χ1) is 12.4. The van der Waals surface area contributed by atoms with Gasteiger partial charge in [0.2, 0.25) is 0 Å². The molecule has 1 atom stereocenters. The van der Waals surface area contributed by atoms with Gasteiger partial charge in [-0.05, 0) is 33.3 Å². The molecular weight excluding hydrogens is 449 g/mol. The number of ether oxygens (including phenoxy) is 1. The monoisotopic (exact) mass is 481 g/mol. The SMILES string of the molecule is CC[N+](CC)(CC)Cc1ccc(C(=O)C(C)(OC)c2ccccc2)cc1.[I-]. The highest BCUT2D eigenvalue weighted by atomic mass is 127. The molecule has 0 heterocycles. The van der Waals surface area contributed by atoms with Crippen LogP contribution in [0.2, 0.25) is 0 Å². The second kappa shape index (κ2) is 10.3. The number of hydrogen-bond donors (Lipinski definition) is 0. The van der Waals surface area contributed by atoms with Gasteiger partial charge in [0.05, 0.1) is 19.6 Å². The standard InChI is InChI=1S/C23H32NO2.HI/c1-6-24(7-2,8-3)18-19-14-16-20(17-15-19)22(25)23(4,26-5)21-12-10-9-11-13-21;/h9-17H,6-8,18H2,1-5H3;1H/q+1;/p-1. The molecule has 0 aromatic heterocycles. The molecule has 1 unspecified atom stereocenters. The number of rotatable bonds is 9. The maximum absolute atomic E-state index is 13.1. The summed E-state index contributed by atoms with van der Waals surface area (Å²) in [5.74, 6) is -0.0139. The fourth-order valence-electron chi connectivity index (χ4n) is 3.53. The molecule has 2 aromatic rings. The van der Waals surface area contributed by atoms with Crippen molar-refractivity contribution in [2.75, 3.05) is 26.7 Å². The van der Waals surface area contributed by atoms with Crippen LogP contribution in [0.15, 0.2) is 54.6 Å². The van der Waals surface area contributed by atoms with E-state index >= 15 is 0 Å². The molecule has 2 aromatic carbocycles. The van der Waals surface area contributed by atoms with E-state index in [1.54, 1.807) is 7.11 Å². The Morgan fingerprint density at radius 2 is 1.44 bits per heavy atom. The number of carbonyl (C=O) groups is 1. The van der Waals surface area contributed by atoms with Gasteiger partial charge in [-0.1, -0.05) is 54.6 Å². The lowest BCUT2D eigenvalue weighted by Gasteiger charge is -2.36. The van der Waals surface area contributed by atoms with Gasteiger partial charge < -0.3 is 33.2 Å². The van der Waals surface area contributed by atoms with E-state index in [9.17, 15) is 4.79 Å². The molecule has 27 heavy (non-hydrogen) atoms. The summed E-state index contributed by atoms with van der Waals surface area (Å²) in [5.41, 5.74) is 1.85. The average molecular weight is 481 g/mol. The molecule has 4 heteroatoms. The first kappa shape index (κ1) is 23.8. The number of hydrogen-bond acceptors (Lipinski definition) is 2. The van der Waals surface area contributed by atoms with Gasteiger partial charge in [-0.15, -0.1) is 0 Å². The lowest BCUT2D eigenvalue weighted by molar-refractivity contribution is -0.936. The Morgan fingerprint density at radius 1 is 0.926 bits per heavy atom. The topological polar surface area (TPSA) is 26.3 Å². The third kappa shape index (κ3) is 5.18. The lowest BCUT2D eigenvalue weighted by atomic mass is 9.87. The van der Waals surface area contributed by atoms with Crippen LogP contribution in [0.4, 0.5) is 0 Å². The quantitative estimate of drug-likeness (QED) is 0.310. The predicted molar refractivity (Wildman–Crippen MR) is 107 cm³/mol. The van der Waals surface area contributed by atoms with Crippen molar-refractivity contribution in [3.05, 3.63) is 71.3 Å². The van der Waals surface area contributed by atoms with Gasteiger partial charge in [0, 0.05) is 18.2 Å². The maximum atomic E-state index is 13.1. The van der Waals surface area contributed by atoms with Gasteiger partial charge in [-0.2, -0.15) is 0 Å². The predicted octanol–water partition coefficient (Wildman–Crippen LogP) is 1.81. The van der Waals surface area contributed by atoms with Crippen LogP contribution in [0.5, 0.6) is 0 Å². The van der Waals surface area contributed by atoms with E-state index in [-0.39, 0.29) is 29.8 Å². The zero-order chi connectivity index (χ0) is 19.2. The van der Waals surface area contributed by atoms with E-state index in [1.165, 1.54) is 5.56 Å². The molecule has 0 saturated carbocycles. The summed E-state index contributed by atoms with van der Waals surface area (Å²) >= 11 is 0. The Bertz CT molecular complexity index is 703. The van der Waals surface area contributed by atoms with E-state index in [0.29, 0.717) is 5.56 Å². The highest BCUT2D eigenvalue weighted by Gasteiger charge is 2.35. The molecule has 0 radical (unpaired) electrons. The summed E-state index contributed by atoms with van der Waals surface area (Å²) in [7, 11) is 1.59. The van der Waals surface area contributed by atoms with Crippen molar-refractivity contribution in [1.82, 2.24) is 0 Å². The summed E-state index contributed by atoms with van der Waals surface area (Å²) in [6.45, 7) is 12.9. The fraction of sp³-hybridized carbons (Fsp3) is 0.435. The van der Waals surface area contributed by atoms with Gasteiger partial charge in [0.25, 0.3) is 0 Å². The van der Waals surface area contributed by atoms with Gasteiger partial charge in [-0.3, -0.25) is 4.79 Å². The van der Waals surface area contributed by atoms with Crippen LogP contribution in [0.1, 0.15) is 49.2 Å². The minimum absolute atomic E-state index is 0. The molecule has 2 rings (SSSR count). The summed E-state index contributed by atoms with van der Waals surface area (Å²) in [6.07, 6.45) is 0. The van der Waals surface area contributed by atoms with Crippen molar-refractivity contribution in [2.45, 2.75) is 39.8 Å². The highest BCUT2D eigenvalue weighted by Crippen LogP contribution is 2.29.